The van der Waals surface area contributed by atoms with E-state index < -0.39 is 0 Å². The van der Waals surface area contributed by atoms with E-state index in [1.807, 2.05) is 0 Å². The van der Waals surface area contributed by atoms with Crippen molar-refractivity contribution in [3.8, 4) is 0 Å². The summed E-state index contributed by atoms with van der Waals surface area (Å²) in [6.07, 6.45) is 7.71. The van der Waals surface area contributed by atoms with E-state index in [4.69, 9.17) is 5.73 Å². The first-order valence-electron chi connectivity index (χ1n) is 7.18. The van der Waals surface area contributed by atoms with Gasteiger partial charge in [-0.15, -0.1) is 0 Å². The second-order valence-electron chi connectivity index (χ2n) is 6.06. The van der Waals surface area contributed by atoms with Crippen LogP contribution in [0.2, 0.25) is 0 Å². The summed E-state index contributed by atoms with van der Waals surface area (Å²) in [5.41, 5.74) is 6.38. The van der Waals surface area contributed by atoms with Crippen LogP contribution in [0.3, 0.4) is 0 Å². The molecule has 1 heterocycles. The highest BCUT2D eigenvalue weighted by atomic mass is 15.4. The van der Waals surface area contributed by atoms with Gasteiger partial charge in [-0.1, -0.05) is 26.7 Å². The minimum atomic E-state index is 0.254. The van der Waals surface area contributed by atoms with Crippen molar-refractivity contribution in [2.75, 3.05) is 6.54 Å². The topological polar surface area (TPSA) is 41.6 Å². The maximum atomic E-state index is 6.12. The largest absolute Gasteiger partial charge is 0.370 e. The van der Waals surface area contributed by atoms with Crippen LogP contribution in [0.4, 0.5) is 0 Å². The summed E-state index contributed by atoms with van der Waals surface area (Å²) < 4.78 is 0. The van der Waals surface area contributed by atoms with Crippen molar-refractivity contribution < 1.29 is 0 Å². The summed E-state index contributed by atoms with van der Waals surface area (Å²) in [4.78, 5) is 6.99. The molecule has 0 radical (unpaired) electrons. The Labute approximate surface area is 105 Å². The van der Waals surface area contributed by atoms with Crippen molar-refractivity contribution >= 4 is 5.96 Å². The van der Waals surface area contributed by atoms with Gasteiger partial charge in [0, 0.05) is 6.04 Å². The van der Waals surface area contributed by atoms with E-state index in [9.17, 15) is 0 Å². The molecule has 1 fully saturated rings. The number of nitrogens with zero attached hydrogens (tertiary/aromatic N) is 2. The number of guanidine groups is 1. The van der Waals surface area contributed by atoms with Gasteiger partial charge in [-0.25, -0.2) is 0 Å². The van der Waals surface area contributed by atoms with Crippen molar-refractivity contribution in [1.82, 2.24) is 4.90 Å². The van der Waals surface area contributed by atoms with Gasteiger partial charge in [0.15, 0.2) is 5.96 Å². The van der Waals surface area contributed by atoms with Crippen LogP contribution in [0, 0.1) is 5.92 Å². The maximum absolute atomic E-state index is 6.12. The summed E-state index contributed by atoms with van der Waals surface area (Å²) in [7, 11) is 0. The summed E-state index contributed by atoms with van der Waals surface area (Å²) in [5, 5.41) is 0. The van der Waals surface area contributed by atoms with Crippen LogP contribution in [0.25, 0.3) is 0 Å². The molecular formula is C14H27N3. The molecule has 1 aliphatic heterocycles. The van der Waals surface area contributed by atoms with Crippen LogP contribution in [-0.4, -0.2) is 29.0 Å². The highest BCUT2D eigenvalue weighted by molar-refractivity contribution is 5.81. The predicted molar refractivity (Wildman–Crippen MR) is 73.1 cm³/mol. The first-order chi connectivity index (χ1) is 8.09. The Balaban J connectivity index is 2.18. The Morgan fingerprint density at radius 3 is 2.94 bits per heavy atom. The molecule has 0 aromatic carbocycles. The van der Waals surface area contributed by atoms with Gasteiger partial charge >= 0.3 is 0 Å². The molecule has 0 bridgehead atoms. The lowest BCUT2D eigenvalue weighted by molar-refractivity contribution is 0.132. The Morgan fingerprint density at radius 2 is 2.24 bits per heavy atom. The molecule has 2 aliphatic rings. The van der Waals surface area contributed by atoms with E-state index in [2.05, 4.69) is 30.7 Å². The van der Waals surface area contributed by atoms with E-state index >= 15 is 0 Å². The van der Waals surface area contributed by atoms with Crippen LogP contribution < -0.4 is 5.73 Å². The third-order valence-corrected chi connectivity index (χ3v) is 4.77. The molecule has 0 saturated heterocycles. The minimum absolute atomic E-state index is 0.254. The fourth-order valence-electron chi connectivity index (χ4n) is 3.46. The van der Waals surface area contributed by atoms with Crippen molar-refractivity contribution in [2.24, 2.45) is 16.6 Å². The minimum Gasteiger partial charge on any atom is -0.370 e. The molecular weight excluding hydrogens is 210 g/mol. The number of nitrogens with two attached hydrogens (primary N) is 1. The molecule has 3 heteroatoms. The molecule has 0 aromatic heterocycles. The number of hydrogen-bond donors (Lipinski definition) is 1. The van der Waals surface area contributed by atoms with Crippen molar-refractivity contribution in [2.45, 2.75) is 70.9 Å². The van der Waals surface area contributed by atoms with Crippen molar-refractivity contribution in [1.29, 1.82) is 0 Å². The van der Waals surface area contributed by atoms with Gasteiger partial charge in [-0.3, -0.25) is 4.99 Å². The van der Waals surface area contributed by atoms with Gasteiger partial charge in [0.2, 0.25) is 0 Å². The summed E-state index contributed by atoms with van der Waals surface area (Å²) in [6.45, 7) is 7.83. The fraction of sp³-hybridized carbons (Fsp3) is 0.929. The highest BCUT2D eigenvalue weighted by Gasteiger charge is 2.44. The van der Waals surface area contributed by atoms with Crippen LogP contribution in [0.1, 0.15) is 59.3 Å². The van der Waals surface area contributed by atoms with Gasteiger partial charge in [0.25, 0.3) is 0 Å². The van der Waals surface area contributed by atoms with Crippen LogP contribution >= 0.6 is 0 Å². The van der Waals surface area contributed by atoms with Gasteiger partial charge in [-0.05, 0) is 38.5 Å². The normalized spacial score (nSPS) is 35.8. The molecule has 3 atom stereocenters. The Kier molecular flexibility index (Phi) is 3.64. The lowest BCUT2D eigenvalue weighted by atomic mass is 9.87. The third kappa shape index (κ3) is 2.29. The molecule has 1 aliphatic carbocycles. The molecule has 98 valence electrons. The second kappa shape index (κ2) is 4.87. The second-order valence-corrected chi connectivity index (χ2v) is 6.06. The van der Waals surface area contributed by atoms with Crippen molar-refractivity contribution in [3.05, 3.63) is 0 Å². The predicted octanol–water partition coefficient (Wildman–Crippen LogP) is 2.75. The van der Waals surface area contributed by atoms with E-state index in [-0.39, 0.29) is 5.54 Å². The fourth-order valence-corrected chi connectivity index (χ4v) is 3.46. The number of rotatable bonds is 2. The first kappa shape index (κ1) is 12.7. The molecule has 3 nitrogen and oxygen atoms in total. The summed E-state index contributed by atoms with van der Waals surface area (Å²) >= 11 is 0. The first-order valence-corrected chi connectivity index (χ1v) is 7.18. The molecule has 2 rings (SSSR count). The zero-order chi connectivity index (χ0) is 12.5. The van der Waals surface area contributed by atoms with E-state index in [0.717, 1.165) is 24.8 Å². The summed E-state index contributed by atoms with van der Waals surface area (Å²) in [6, 6.07) is 0.523. The van der Waals surface area contributed by atoms with Gasteiger partial charge in [0.05, 0.1) is 12.1 Å². The van der Waals surface area contributed by atoms with E-state index in [0.29, 0.717) is 6.04 Å². The quantitative estimate of drug-likeness (QED) is 0.802. The Bertz CT molecular complexity index is 300. The zero-order valence-electron chi connectivity index (χ0n) is 11.6. The highest BCUT2D eigenvalue weighted by Crippen LogP contribution is 2.39. The molecule has 0 amide bonds. The van der Waals surface area contributed by atoms with E-state index in [1.165, 1.54) is 32.1 Å². The lowest BCUT2D eigenvalue weighted by Gasteiger charge is -2.42. The van der Waals surface area contributed by atoms with E-state index in [1.54, 1.807) is 0 Å². The average molecular weight is 237 g/mol. The standard InChI is InChI=1S/C14H27N3/c1-4-12(3)17-13(15)16-10-14(17)8-5-6-11(2)7-9-14/h11-12H,4-10H2,1-3H3,(H2,15,16). The summed E-state index contributed by atoms with van der Waals surface area (Å²) in [5.74, 6) is 1.66. The van der Waals surface area contributed by atoms with Crippen LogP contribution in [0.15, 0.2) is 4.99 Å². The number of aliphatic imine (C=N–C) groups is 1. The van der Waals surface area contributed by atoms with Gasteiger partial charge in [-0.2, -0.15) is 0 Å². The molecule has 3 unspecified atom stereocenters. The molecule has 1 saturated carbocycles. The molecule has 0 aromatic rings. The molecule has 2 N–H and O–H groups in total. The zero-order valence-corrected chi connectivity index (χ0v) is 11.6. The van der Waals surface area contributed by atoms with Crippen LogP contribution in [0.5, 0.6) is 0 Å². The molecule has 17 heavy (non-hydrogen) atoms. The van der Waals surface area contributed by atoms with Crippen LogP contribution in [-0.2, 0) is 0 Å². The molecule has 1 spiro atoms. The lowest BCUT2D eigenvalue weighted by Crippen LogP contribution is -2.55. The Hall–Kier alpha value is -0.730. The third-order valence-electron chi connectivity index (χ3n) is 4.77. The SMILES string of the molecule is CCC(C)N1C(N)=NCC12CCCC(C)CC2. The smallest absolute Gasteiger partial charge is 0.192 e. The maximum Gasteiger partial charge on any atom is 0.192 e. The average Bonchev–Trinajstić information content (AvgIpc) is 2.51. The number of hydrogen-bond acceptors (Lipinski definition) is 3. The van der Waals surface area contributed by atoms with Gasteiger partial charge < -0.3 is 10.6 Å². The Morgan fingerprint density at radius 1 is 1.47 bits per heavy atom. The monoisotopic (exact) mass is 237 g/mol. The van der Waals surface area contributed by atoms with Crippen molar-refractivity contribution in [3.63, 3.8) is 0 Å². The van der Waals surface area contributed by atoms with Gasteiger partial charge in [0.1, 0.15) is 0 Å².